The van der Waals surface area contributed by atoms with Gasteiger partial charge in [0.25, 0.3) is 0 Å². The lowest BCUT2D eigenvalue weighted by Crippen LogP contribution is -2.28. The fourth-order valence-corrected chi connectivity index (χ4v) is 1.33. The largest absolute Gasteiger partial charge is 0.497 e. The molecule has 1 aromatic carbocycles. The van der Waals surface area contributed by atoms with Crippen LogP contribution < -0.4 is 10.1 Å². The van der Waals surface area contributed by atoms with Crippen LogP contribution in [0.1, 0.15) is 18.5 Å². The molecule has 0 fully saturated rings. The first-order valence-electron chi connectivity index (χ1n) is 5.35. The summed E-state index contributed by atoms with van der Waals surface area (Å²) in [5.41, 5.74) is 0.951. The van der Waals surface area contributed by atoms with Gasteiger partial charge in [0.15, 0.2) is 0 Å². The molecule has 1 aromatic rings. The molecule has 0 bridgehead atoms. The Hall–Kier alpha value is -1.75. The van der Waals surface area contributed by atoms with Gasteiger partial charge < -0.3 is 19.9 Å². The minimum atomic E-state index is -0.539. The van der Waals surface area contributed by atoms with Crippen molar-refractivity contribution in [3.05, 3.63) is 29.8 Å². The SMILES string of the molecule is COc1ccc([C@@H](C)NC(=O)OCCO)cc1. The fraction of sp³-hybridized carbons (Fsp3) is 0.417. The van der Waals surface area contributed by atoms with Crippen LogP contribution in [0.4, 0.5) is 4.79 Å². The molecule has 1 atom stereocenters. The molecule has 5 heteroatoms. The van der Waals surface area contributed by atoms with Crippen LogP contribution in [0.3, 0.4) is 0 Å². The van der Waals surface area contributed by atoms with E-state index < -0.39 is 6.09 Å². The molecule has 1 amide bonds. The van der Waals surface area contributed by atoms with Crippen LogP contribution >= 0.6 is 0 Å². The molecule has 17 heavy (non-hydrogen) atoms. The van der Waals surface area contributed by atoms with Crippen LogP contribution in [0.15, 0.2) is 24.3 Å². The normalized spacial score (nSPS) is 11.7. The van der Waals surface area contributed by atoms with Crippen molar-refractivity contribution in [1.29, 1.82) is 0 Å². The van der Waals surface area contributed by atoms with Gasteiger partial charge in [0, 0.05) is 0 Å². The Morgan fingerprint density at radius 1 is 1.41 bits per heavy atom. The molecule has 0 unspecified atom stereocenters. The van der Waals surface area contributed by atoms with E-state index in [4.69, 9.17) is 14.6 Å². The number of alkyl carbamates (subject to hydrolysis) is 1. The zero-order valence-electron chi connectivity index (χ0n) is 9.97. The highest BCUT2D eigenvalue weighted by Crippen LogP contribution is 2.17. The van der Waals surface area contributed by atoms with Crippen molar-refractivity contribution >= 4 is 6.09 Å². The second-order valence-corrected chi connectivity index (χ2v) is 3.50. The molecular weight excluding hydrogens is 222 g/mol. The zero-order valence-corrected chi connectivity index (χ0v) is 9.97. The number of carbonyl (C=O) groups is 1. The van der Waals surface area contributed by atoms with Crippen molar-refractivity contribution in [3.63, 3.8) is 0 Å². The molecule has 5 nitrogen and oxygen atoms in total. The van der Waals surface area contributed by atoms with Crippen molar-refractivity contribution in [2.75, 3.05) is 20.3 Å². The first-order chi connectivity index (χ1) is 8.17. The van der Waals surface area contributed by atoms with Crippen molar-refractivity contribution in [2.24, 2.45) is 0 Å². The van der Waals surface area contributed by atoms with Crippen molar-refractivity contribution < 1.29 is 19.4 Å². The Bertz CT molecular complexity index is 350. The van der Waals surface area contributed by atoms with Gasteiger partial charge in [-0.05, 0) is 24.6 Å². The molecule has 0 heterocycles. The van der Waals surface area contributed by atoms with Gasteiger partial charge in [-0.25, -0.2) is 4.79 Å². The van der Waals surface area contributed by atoms with Gasteiger partial charge in [0.1, 0.15) is 12.4 Å². The summed E-state index contributed by atoms with van der Waals surface area (Å²) in [7, 11) is 1.60. The number of aliphatic hydroxyl groups excluding tert-OH is 1. The van der Waals surface area contributed by atoms with Crippen molar-refractivity contribution in [2.45, 2.75) is 13.0 Å². The molecule has 0 spiro atoms. The summed E-state index contributed by atoms with van der Waals surface area (Å²) < 4.78 is 9.75. The average Bonchev–Trinajstić information content (AvgIpc) is 2.36. The molecule has 1 rings (SSSR count). The Balaban J connectivity index is 2.51. The summed E-state index contributed by atoms with van der Waals surface area (Å²) in [6.07, 6.45) is -0.539. The summed E-state index contributed by atoms with van der Waals surface area (Å²) in [5.74, 6) is 0.767. The van der Waals surface area contributed by atoms with Crippen LogP contribution in [0, 0.1) is 0 Å². The molecular formula is C12H17NO4. The number of methoxy groups -OCH3 is 1. The summed E-state index contributed by atoms with van der Waals surface area (Å²) >= 11 is 0. The monoisotopic (exact) mass is 239 g/mol. The van der Waals surface area contributed by atoms with Crippen molar-refractivity contribution in [1.82, 2.24) is 5.32 Å². The molecule has 0 radical (unpaired) electrons. The third-order valence-corrected chi connectivity index (χ3v) is 2.27. The maximum absolute atomic E-state index is 11.2. The summed E-state index contributed by atoms with van der Waals surface area (Å²) in [4.78, 5) is 11.2. The quantitative estimate of drug-likeness (QED) is 0.816. The number of hydrogen-bond acceptors (Lipinski definition) is 4. The van der Waals surface area contributed by atoms with Crippen LogP contribution in [-0.2, 0) is 4.74 Å². The molecule has 0 saturated carbocycles. The molecule has 0 saturated heterocycles. The van der Waals surface area contributed by atoms with Gasteiger partial charge in [-0.3, -0.25) is 0 Å². The highest BCUT2D eigenvalue weighted by atomic mass is 16.6. The van der Waals surface area contributed by atoms with Crippen LogP contribution in [-0.4, -0.2) is 31.5 Å². The van der Waals surface area contributed by atoms with E-state index in [-0.39, 0.29) is 19.3 Å². The lowest BCUT2D eigenvalue weighted by Gasteiger charge is -2.14. The van der Waals surface area contributed by atoms with Crippen LogP contribution in [0.2, 0.25) is 0 Å². The van der Waals surface area contributed by atoms with Crippen LogP contribution in [0.5, 0.6) is 5.75 Å². The fourth-order valence-electron chi connectivity index (χ4n) is 1.33. The minimum absolute atomic E-state index is 0.00116. The number of nitrogens with one attached hydrogen (secondary N) is 1. The van der Waals surface area contributed by atoms with E-state index in [9.17, 15) is 4.79 Å². The topological polar surface area (TPSA) is 67.8 Å². The van der Waals surface area contributed by atoms with Gasteiger partial charge in [0.2, 0.25) is 0 Å². The molecule has 0 aromatic heterocycles. The van der Waals surface area contributed by atoms with E-state index in [2.05, 4.69) is 5.32 Å². The standard InChI is InChI=1S/C12H17NO4/c1-9(13-12(15)17-8-7-14)10-3-5-11(16-2)6-4-10/h3-6,9,14H,7-8H2,1-2H3,(H,13,15)/t9-/m1/s1. The summed E-state index contributed by atoms with van der Waals surface area (Å²) in [6, 6.07) is 7.23. The summed E-state index contributed by atoms with van der Waals surface area (Å²) in [5, 5.41) is 11.2. The lowest BCUT2D eigenvalue weighted by molar-refractivity contribution is 0.116. The van der Waals surface area contributed by atoms with E-state index in [1.165, 1.54) is 0 Å². The third kappa shape index (κ3) is 4.32. The highest BCUT2D eigenvalue weighted by molar-refractivity contribution is 5.67. The lowest BCUT2D eigenvalue weighted by atomic mass is 10.1. The van der Waals surface area contributed by atoms with E-state index in [0.717, 1.165) is 11.3 Å². The predicted molar refractivity (Wildman–Crippen MR) is 63.0 cm³/mol. The molecule has 0 aliphatic heterocycles. The van der Waals surface area contributed by atoms with Gasteiger partial charge in [-0.2, -0.15) is 0 Å². The second-order valence-electron chi connectivity index (χ2n) is 3.50. The zero-order chi connectivity index (χ0) is 12.7. The van der Waals surface area contributed by atoms with Crippen molar-refractivity contribution in [3.8, 4) is 5.75 Å². The van der Waals surface area contributed by atoms with E-state index >= 15 is 0 Å². The number of ether oxygens (including phenoxy) is 2. The Labute approximate surface area is 100 Å². The number of aliphatic hydroxyl groups is 1. The number of amides is 1. The first kappa shape index (κ1) is 13.3. The van der Waals surface area contributed by atoms with E-state index in [1.807, 2.05) is 31.2 Å². The number of rotatable bonds is 5. The third-order valence-electron chi connectivity index (χ3n) is 2.27. The Morgan fingerprint density at radius 3 is 2.59 bits per heavy atom. The maximum Gasteiger partial charge on any atom is 0.407 e. The van der Waals surface area contributed by atoms with Gasteiger partial charge >= 0.3 is 6.09 Å². The Morgan fingerprint density at radius 2 is 2.06 bits per heavy atom. The molecule has 94 valence electrons. The maximum atomic E-state index is 11.2. The average molecular weight is 239 g/mol. The Kier molecular flexibility index (Phi) is 5.29. The minimum Gasteiger partial charge on any atom is -0.497 e. The van der Waals surface area contributed by atoms with Gasteiger partial charge in [0.05, 0.1) is 19.8 Å². The second kappa shape index (κ2) is 6.75. The molecule has 0 aliphatic rings. The van der Waals surface area contributed by atoms with Gasteiger partial charge in [-0.15, -0.1) is 0 Å². The summed E-state index contributed by atoms with van der Waals surface area (Å²) in [6.45, 7) is 1.67. The highest BCUT2D eigenvalue weighted by Gasteiger charge is 2.09. The number of carbonyl (C=O) groups excluding carboxylic acids is 1. The number of benzene rings is 1. The van der Waals surface area contributed by atoms with E-state index in [0.29, 0.717) is 0 Å². The molecule has 2 N–H and O–H groups in total. The first-order valence-corrected chi connectivity index (χ1v) is 5.35. The number of hydrogen-bond donors (Lipinski definition) is 2. The smallest absolute Gasteiger partial charge is 0.407 e. The predicted octanol–water partition coefficient (Wildman–Crippen LogP) is 1.47. The van der Waals surface area contributed by atoms with Gasteiger partial charge in [-0.1, -0.05) is 12.1 Å². The van der Waals surface area contributed by atoms with Crippen LogP contribution in [0.25, 0.3) is 0 Å². The molecule has 0 aliphatic carbocycles. The van der Waals surface area contributed by atoms with E-state index in [1.54, 1.807) is 7.11 Å².